The lowest BCUT2D eigenvalue weighted by atomic mass is 10.1. The molecule has 0 aliphatic carbocycles. The van der Waals surface area contributed by atoms with Gasteiger partial charge >= 0.3 is 0 Å². The van der Waals surface area contributed by atoms with Crippen molar-refractivity contribution in [1.82, 2.24) is 10.2 Å². The zero-order chi connectivity index (χ0) is 27.7. The summed E-state index contributed by atoms with van der Waals surface area (Å²) in [5.74, 6) is -0.312. The molecule has 0 aliphatic rings. The molecule has 0 heterocycles. The third kappa shape index (κ3) is 7.26. The number of anilines is 1. The molecule has 38 heavy (non-hydrogen) atoms. The Morgan fingerprint density at radius 2 is 1.61 bits per heavy atom. The van der Waals surface area contributed by atoms with Gasteiger partial charge in [-0.3, -0.25) is 13.9 Å². The zero-order valence-corrected chi connectivity index (χ0v) is 23.2. The normalized spacial score (nSPS) is 11.9. The Balaban J connectivity index is 2.00. The van der Waals surface area contributed by atoms with Crippen molar-refractivity contribution in [3.8, 4) is 5.75 Å². The number of carbonyl (C=O) groups is 2. The van der Waals surface area contributed by atoms with Crippen LogP contribution in [0.1, 0.15) is 25.8 Å². The van der Waals surface area contributed by atoms with E-state index in [2.05, 4.69) is 5.32 Å². The van der Waals surface area contributed by atoms with Crippen LogP contribution in [-0.2, 0) is 26.2 Å². The fourth-order valence-corrected chi connectivity index (χ4v) is 5.32. The van der Waals surface area contributed by atoms with Gasteiger partial charge in [-0.2, -0.15) is 0 Å². The van der Waals surface area contributed by atoms with Crippen molar-refractivity contribution in [3.63, 3.8) is 0 Å². The predicted molar refractivity (Wildman–Crippen MR) is 149 cm³/mol. The number of nitrogens with zero attached hydrogens (tertiary/aromatic N) is 2. The van der Waals surface area contributed by atoms with E-state index in [-0.39, 0.29) is 23.0 Å². The molecular formula is C28H32ClN3O5S. The first-order chi connectivity index (χ1) is 18.2. The summed E-state index contributed by atoms with van der Waals surface area (Å²) in [6, 6.07) is 20.4. The van der Waals surface area contributed by atoms with Crippen molar-refractivity contribution < 1.29 is 22.7 Å². The summed E-state index contributed by atoms with van der Waals surface area (Å²) >= 11 is 6.02. The second kappa shape index (κ2) is 13.3. The van der Waals surface area contributed by atoms with E-state index in [1.165, 1.54) is 24.1 Å². The maximum atomic E-state index is 13.8. The molecule has 0 aliphatic heterocycles. The van der Waals surface area contributed by atoms with Gasteiger partial charge in [0.05, 0.1) is 17.7 Å². The number of sulfonamides is 1. The van der Waals surface area contributed by atoms with Gasteiger partial charge in [-0.1, -0.05) is 48.9 Å². The van der Waals surface area contributed by atoms with Crippen molar-refractivity contribution >= 4 is 39.1 Å². The predicted octanol–water partition coefficient (Wildman–Crippen LogP) is 4.49. The maximum Gasteiger partial charge on any atom is 0.264 e. The summed E-state index contributed by atoms with van der Waals surface area (Å²) in [4.78, 5) is 28.1. The maximum absolute atomic E-state index is 13.8. The van der Waals surface area contributed by atoms with E-state index < -0.39 is 28.5 Å². The van der Waals surface area contributed by atoms with Crippen LogP contribution in [0.25, 0.3) is 0 Å². The van der Waals surface area contributed by atoms with E-state index in [4.69, 9.17) is 16.3 Å². The van der Waals surface area contributed by atoms with Crippen LogP contribution in [0.4, 0.5) is 5.69 Å². The minimum Gasteiger partial charge on any atom is -0.497 e. The lowest BCUT2D eigenvalue weighted by Gasteiger charge is -2.32. The third-order valence-corrected chi connectivity index (χ3v) is 7.99. The second-order valence-corrected chi connectivity index (χ2v) is 10.9. The highest BCUT2D eigenvalue weighted by Gasteiger charge is 2.32. The van der Waals surface area contributed by atoms with Crippen LogP contribution in [0.2, 0.25) is 5.02 Å². The number of rotatable bonds is 12. The van der Waals surface area contributed by atoms with Crippen LogP contribution >= 0.6 is 11.6 Å². The minimum atomic E-state index is -4.11. The molecule has 0 saturated heterocycles. The topological polar surface area (TPSA) is 96.0 Å². The van der Waals surface area contributed by atoms with Crippen LogP contribution in [-0.4, -0.2) is 51.4 Å². The summed E-state index contributed by atoms with van der Waals surface area (Å²) in [6.07, 6.45) is 0.740. The molecular weight excluding hydrogens is 526 g/mol. The summed E-state index contributed by atoms with van der Waals surface area (Å²) in [5, 5.41) is 3.36. The highest BCUT2D eigenvalue weighted by molar-refractivity contribution is 7.92. The van der Waals surface area contributed by atoms with E-state index in [9.17, 15) is 18.0 Å². The third-order valence-electron chi connectivity index (χ3n) is 5.95. The zero-order valence-electron chi connectivity index (χ0n) is 21.6. The lowest BCUT2D eigenvalue weighted by molar-refractivity contribution is -0.139. The minimum absolute atomic E-state index is 0.0432. The van der Waals surface area contributed by atoms with Gasteiger partial charge in [0.2, 0.25) is 11.8 Å². The quantitative estimate of drug-likeness (QED) is 0.354. The Morgan fingerprint density at radius 3 is 2.18 bits per heavy atom. The molecule has 3 aromatic carbocycles. The fraction of sp³-hybridized carbons (Fsp3) is 0.286. The van der Waals surface area contributed by atoms with E-state index >= 15 is 0 Å². The lowest BCUT2D eigenvalue weighted by Crippen LogP contribution is -2.51. The molecule has 0 spiro atoms. The molecule has 1 N–H and O–H groups in total. The van der Waals surface area contributed by atoms with Crippen LogP contribution in [0.5, 0.6) is 5.75 Å². The molecule has 0 saturated carbocycles. The molecule has 3 aromatic rings. The number of hydrogen-bond acceptors (Lipinski definition) is 5. The van der Waals surface area contributed by atoms with E-state index in [1.54, 1.807) is 73.7 Å². The largest absolute Gasteiger partial charge is 0.497 e. The van der Waals surface area contributed by atoms with Gasteiger partial charge in [-0.05, 0) is 67.4 Å². The molecule has 202 valence electrons. The monoisotopic (exact) mass is 557 g/mol. The Morgan fingerprint density at radius 1 is 0.974 bits per heavy atom. The van der Waals surface area contributed by atoms with E-state index in [1.807, 2.05) is 6.92 Å². The van der Waals surface area contributed by atoms with Crippen molar-refractivity contribution in [1.29, 1.82) is 0 Å². The number of nitrogens with one attached hydrogen (secondary N) is 1. The molecule has 0 radical (unpaired) electrons. The SMILES string of the molecule is CCCNC(=O)[C@@H](C)N(Cc1ccc(Cl)cc1)C(=O)CN(c1ccc(OC)cc1)S(=O)(=O)c1ccccc1. The summed E-state index contributed by atoms with van der Waals surface area (Å²) in [6.45, 7) is 3.61. The summed E-state index contributed by atoms with van der Waals surface area (Å²) in [5.41, 5.74) is 1.04. The molecule has 8 nitrogen and oxygen atoms in total. The van der Waals surface area contributed by atoms with Crippen molar-refractivity contribution in [3.05, 3.63) is 89.4 Å². The summed E-state index contributed by atoms with van der Waals surface area (Å²) in [7, 11) is -2.60. The van der Waals surface area contributed by atoms with Gasteiger partial charge in [0.1, 0.15) is 18.3 Å². The molecule has 3 rings (SSSR count). The number of methoxy groups -OCH3 is 1. The van der Waals surface area contributed by atoms with Gasteiger partial charge in [-0.25, -0.2) is 8.42 Å². The number of amides is 2. The molecule has 1 atom stereocenters. The highest BCUT2D eigenvalue weighted by Crippen LogP contribution is 2.26. The Labute approximate surface area is 229 Å². The van der Waals surface area contributed by atoms with Crippen LogP contribution in [0.3, 0.4) is 0 Å². The molecule has 0 aromatic heterocycles. The van der Waals surface area contributed by atoms with Crippen molar-refractivity contribution in [2.24, 2.45) is 0 Å². The standard InChI is InChI=1S/C28H32ClN3O5S/c1-4-18-30-28(34)21(2)31(19-22-10-12-23(29)13-11-22)27(33)20-32(24-14-16-25(37-3)17-15-24)38(35,36)26-8-6-5-7-9-26/h5-17,21H,4,18-20H2,1-3H3,(H,30,34)/t21-/m1/s1. The van der Waals surface area contributed by atoms with Gasteiger partial charge in [-0.15, -0.1) is 0 Å². The van der Waals surface area contributed by atoms with Crippen LogP contribution in [0.15, 0.2) is 83.8 Å². The van der Waals surface area contributed by atoms with Crippen LogP contribution < -0.4 is 14.4 Å². The molecule has 0 bridgehead atoms. The van der Waals surface area contributed by atoms with Crippen molar-refractivity contribution in [2.75, 3.05) is 24.5 Å². The number of carbonyl (C=O) groups excluding carboxylic acids is 2. The van der Waals surface area contributed by atoms with E-state index in [0.29, 0.717) is 17.3 Å². The molecule has 10 heteroatoms. The second-order valence-electron chi connectivity index (χ2n) is 8.64. The highest BCUT2D eigenvalue weighted by atomic mass is 35.5. The van der Waals surface area contributed by atoms with Gasteiger partial charge < -0.3 is 15.0 Å². The Hall–Kier alpha value is -3.56. The van der Waals surface area contributed by atoms with Gasteiger partial charge in [0.25, 0.3) is 10.0 Å². The first-order valence-corrected chi connectivity index (χ1v) is 14.0. The first-order valence-electron chi connectivity index (χ1n) is 12.2. The van der Waals surface area contributed by atoms with Gasteiger partial charge in [0, 0.05) is 18.1 Å². The summed E-state index contributed by atoms with van der Waals surface area (Å²) < 4.78 is 33.7. The Kier molecular flexibility index (Phi) is 10.2. The van der Waals surface area contributed by atoms with E-state index in [0.717, 1.165) is 16.3 Å². The Bertz CT molecular complexity index is 1320. The van der Waals surface area contributed by atoms with Crippen LogP contribution in [0, 0.1) is 0 Å². The fourth-order valence-electron chi connectivity index (χ4n) is 3.76. The van der Waals surface area contributed by atoms with Gasteiger partial charge in [0.15, 0.2) is 0 Å². The first kappa shape index (κ1) is 29.0. The average Bonchev–Trinajstić information content (AvgIpc) is 2.94. The number of benzene rings is 3. The number of hydrogen-bond donors (Lipinski definition) is 1. The smallest absolute Gasteiger partial charge is 0.264 e. The number of ether oxygens (including phenoxy) is 1. The molecule has 0 unspecified atom stereocenters. The van der Waals surface area contributed by atoms with Crippen molar-refractivity contribution in [2.45, 2.75) is 37.8 Å². The average molecular weight is 558 g/mol. The molecule has 0 fully saturated rings. The number of halogens is 1. The molecule has 2 amide bonds.